The van der Waals surface area contributed by atoms with Gasteiger partial charge in [0.15, 0.2) is 0 Å². The Morgan fingerprint density at radius 3 is 2.15 bits per heavy atom. The summed E-state index contributed by atoms with van der Waals surface area (Å²) in [5.41, 5.74) is 7.35. The number of carbonyl (C=O) groups is 4. The first kappa shape index (κ1) is 25.8. The second-order valence-corrected chi connectivity index (χ2v) is 7.34. The van der Waals surface area contributed by atoms with Gasteiger partial charge in [0.1, 0.15) is 6.04 Å². The Bertz CT molecular complexity index is 1140. The van der Waals surface area contributed by atoms with E-state index < -0.39 is 42.3 Å². The zero-order valence-corrected chi connectivity index (χ0v) is 18.2. The van der Waals surface area contributed by atoms with Crippen molar-refractivity contribution in [2.24, 2.45) is 5.73 Å². The molecule has 2 atom stereocenters. The molecule has 0 aliphatic rings. The third kappa shape index (κ3) is 7.59. The van der Waals surface area contributed by atoms with Crippen LogP contribution in [0.4, 0.5) is 0 Å². The summed E-state index contributed by atoms with van der Waals surface area (Å²) in [4.78, 5) is 49.4. The van der Waals surface area contributed by atoms with Crippen LogP contribution in [0.5, 0.6) is 0 Å². The molecule has 0 saturated carbocycles. The summed E-state index contributed by atoms with van der Waals surface area (Å²) < 4.78 is 0. The fraction of sp³-hybridized carbons (Fsp3) is 0.240. The van der Waals surface area contributed by atoms with Gasteiger partial charge in [-0.25, -0.2) is 4.79 Å². The van der Waals surface area contributed by atoms with Crippen LogP contribution in [0.2, 0.25) is 0 Å². The van der Waals surface area contributed by atoms with Crippen LogP contribution in [0, 0.1) is 23.2 Å². The van der Waals surface area contributed by atoms with Crippen LogP contribution >= 0.6 is 0 Å². The van der Waals surface area contributed by atoms with Crippen LogP contribution in [0.1, 0.15) is 36.0 Å². The third-order valence-electron chi connectivity index (χ3n) is 4.80. The lowest BCUT2D eigenvalue weighted by atomic mass is 10.0. The average molecular weight is 461 g/mol. The molecule has 2 rings (SSSR count). The van der Waals surface area contributed by atoms with Gasteiger partial charge in [-0.3, -0.25) is 19.3 Å². The highest BCUT2D eigenvalue weighted by Gasteiger charge is 2.37. The molecule has 0 aliphatic heterocycles. The molecule has 2 amide bonds. The van der Waals surface area contributed by atoms with E-state index in [9.17, 15) is 24.3 Å². The molecule has 0 unspecified atom stereocenters. The summed E-state index contributed by atoms with van der Waals surface area (Å²) in [5, 5.41) is 27.6. The lowest BCUT2D eigenvalue weighted by Gasteiger charge is -2.29. The van der Waals surface area contributed by atoms with E-state index in [4.69, 9.17) is 16.1 Å². The molecule has 0 bridgehead atoms. The number of carbonyl (C=O) groups excluding carboxylic acids is 2. The first-order valence-electron chi connectivity index (χ1n) is 10.3. The van der Waals surface area contributed by atoms with Crippen LogP contribution in [0.15, 0.2) is 54.6 Å². The Morgan fingerprint density at radius 1 is 0.971 bits per heavy atom. The number of carboxylic acids is 2. The molecule has 34 heavy (non-hydrogen) atoms. The Labute approximate surface area is 196 Å². The van der Waals surface area contributed by atoms with Gasteiger partial charge in [-0.15, -0.1) is 0 Å². The molecule has 2 aromatic carbocycles. The van der Waals surface area contributed by atoms with Crippen molar-refractivity contribution < 1.29 is 29.4 Å². The number of benzene rings is 2. The maximum atomic E-state index is 12.9. The molecule has 0 fully saturated rings. The summed E-state index contributed by atoms with van der Waals surface area (Å²) in [6, 6.07) is 13.8. The minimum Gasteiger partial charge on any atom is -0.481 e. The van der Waals surface area contributed by atoms with Gasteiger partial charge >= 0.3 is 11.9 Å². The predicted molar refractivity (Wildman–Crippen MR) is 121 cm³/mol. The second-order valence-electron chi connectivity index (χ2n) is 7.34. The van der Waals surface area contributed by atoms with E-state index >= 15 is 0 Å². The van der Waals surface area contributed by atoms with Crippen LogP contribution < -0.4 is 5.73 Å². The zero-order valence-electron chi connectivity index (χ0n) is 18.2. The molecule has 4 N–H and O–H groups in total. The van der Waals surface area contributed by atoms with Crippen molar-refractivity contribution in [1.82, 2.24) is 4.90 Å². The fourth-order valence-corrected chi connectivity index (χ4v) is 3.11. The first-order valence-corrected chi connectivity index (χ1v) is 10.3. The summed E-state index contributed by atoms with van der Waals surface area (Å²) >= 11 is 0. The Balaban J connectivity index is 2.23. The first-order chi connectivity index (χ1) is 16.2. The SMILES string of the molecule is N#Cc1ccc(C#CCCC(=O)N(C(=O)[C@@H](N)CC(=O)O)[C@@H](Cc2ccccc2)C(=O)O)cc1. The second kappa shape index (κ2) is 12.5. The van der Waals surface area contributed by atoms with E-state index in [0.29, 0.717) is 21.6 Å². The molecule has 0 heterocycles. The van der Waals surface area contributed by atoms with E-state index in [2.05, 4.69) is 11.8 Å². The number of hydrogen-bond donors (Lipinski definition) is 3. The largest absolute Gasteiger partial charge is 0.481 e. The van der Waals surface area contributed by atoms with E-state index in [0.717, 1.165) is 0 Å². The minimum atomic E-state index is -1.58. The van der Waals surface area contributed by atoms with Gasteiger partial charge in [0.2, 0.25) is 11.8 Å². The topological polar surface area (TPSA) is 162 Å². The number of imide groups is 1. The van der Waals surface area contributed by atoms with Crippen molar-refractivity contribution in [3.63, 3.8) is 0 Å². The fourth-order valence-electron chi connectivity index (χ4n) is 3.11. The lowest BCUT2D eigenvalue weighted by Crippen LogP contribution is -2.55. The third-order valence-corrected chi connectivity index (χ3v) is 4.80. The lowest BCUT2D eigenvalue weighted by molar-refractivity contribution is -0.159. The molecule has 9 heteroatoms. The molecule has 0 aliphatic carbocycles. The normalized spacial score (nSPS) is 11.8. The smallest absolute Gasteiger partial charge is 0.327 e. The molecule has 2 aromatic rings. The van der Waals surface area contributed by atoms with Gasteiger partial charge in [0.25, 0.3) is 0 Å². The van der Waals surface area contributed by atoms with Crippen molar-refractivity contribution in [3.8, 4) is 17.9 Å². The van der Waals surface area contributed by atoms with Crippen LogP contribution in [-0.4, -0.2) is 50.9 Å². The van der Waals surface area contributed by atoms with Crippen molar-refractivity contribution >= 4 is 23.8 Å². The molecule has 9 nitrogen and oxygen atoms in total. The zero-order chi connectivity index (χ0) is 25.1. The van der Waals surface area contributed by atoms with Gasteiger partial charge in [-0.2, -0.15) is 5.26 Å². The summed E-state index contributed by atoms with van der Waals surface area (Å²) in [7, 11) is 0. The van der Waals surface area contributed by atoms with Gasteiger partial charge in [0, 0.05) is 24.8 Å². The average Bonchev–Trinajstić information content (AvgIpc) is 2.81. The van der Waals surface area contributed by atoms with Crippen molar-refractivity contribution in [2.45, 2.75) is 37.8 Å². The van der Waals surface area contributed by atoms with E-state index in [1.165, 1.54) is 0 Å². The van der Waals surface area contributed by atoms with Crippen LogP contribution in [0.3, 0.4) is 0 Å². The van der Waals surface area contributed by atoms with Gasteiger partial charge < -0.3 is 15.9 Å². The molecular formula is C25H23N3O6. The number of nitriles is 1. The maximum Gasteiger partial charge on any atom is 0.327 e. The quantitative estimate of drug-likeness (QED) is 0.474. The molecule has 0 saturated heterocycles. The maximum absolute atomic E-state index is 12.9. The number of nitrogens with zero attached hydrogens (tertiary/aromatic N) is 2. The summed E-state index contributed by atoms with van der Waals surface area (Å²) in [5.74, 6) is 0.945. The number of aliphatic carboxylic acids is 2. The molecule has 174 valence electrons. The molecule has 0 radical (unpaired) electrons. The summed E-state index contributed by atoms with van der Waals surface area (Å²) in [6.07, 6.45) is -1.16. The van der Waals surface area contributed by atoms with E-state index in [-0.39, 0.29) is 19.3 Å². The van der Waals surface area contributed by atoms with Crippen molar-refractivity contribution in [3.05, 3.63) is 71.3 Å². The van der Waals surface area contributed by atoms with E-state index in [1.807, 2.05) is 6.07 Å². The standard InChI is InChI=1S/C25H23N3O6/c26-16-19-12-10-17(11-13-19)6-4-5-9-22(29)28(24(32)20(27)15-23(30)31)21(25(33)34)14-18-7-2-1-3-8-18/h1-3,7-8,10-13,20-21H,5,9,14-15,27H2,(H,30,31)(H,33,34)/t20-,21-/m0/s1. The number of hydrogen-bond acceptors (Lipinski definition) is 6. The highest BCUT2D eigenvalue weighted by atomic mass is 16.4. The highest BCUT2D eigenvalue weighted by molar-refractivity contribution is 6.02. The summed E-state index contributed by atoms with van der Waals surface area (Å²) in [6.45, 7) is 0. The number of carboxylic acid groups (broad SMARTS) is 2. The molecule has 0 spiro atoms. The highest BCUT2D eigenvalue weighted by Crippen LogP contribution is 2.14. The van der Waals surface area contributed by atoms with Gasteiger partial charge in [0.05, 0.1) is 24.1 Å². The van der Waals surface area contributed by atoms with E-state index in [1.54, 1.807) is 54.6 Å². The van der Waals surface area contributed by atoms with Crippen LogP contribution in [0.25, 0.3) is 0 Å². The van der Waals surface area contributed by atoms with Crippen molar-refractivity contribution in [1.29, 1.82) is 5.26 Å². The van der Waals surface area contributed by atoms with Crippen molar-refractivity contribution in [2.75, 3.05) is 0 Å². The molecule has 0 aromatic heterocycles. The Kier molecular flexibility index (Phi) is 9.51. The minimum absolute atomic E-state index is 0.0223. The predicted octanol–water partition coefficient (Wildman–Crippen LogP) is 1.54. The Morgan fingerprint density at radius 2 is 1.59 bits per heavy atom. The Hall–Kier alpha value is -4.47. The number of nitrogens with two attached hydrogens (primary N) is 1. The molecular weight excluding hydrogens is 438 g/mol. The van der Waals surface area contributed by atoms with Gasteiger partial charge in [-0.1, -0.05) is 42.2 Å². The van der Waals surface area contributed by atoms with Crippen LogP contribution in [-0.2, 0) is 25.6 Å². The number of amides is 2. The monoisotopic (exact) mass is 461 g/mol. The number of rotatable bonds is 9. The van der Waals surface area contributed by atoms with Gasteiger partial charge in [-0.05, 0) is 29.8 Å².